The van der Waals surface area contributed by atoms with Crippen molar-refractivity contribution in [2.75, 3.05) is 0 Å². The predicted octanol–water partition coefficient (Wildman–Crippen LogP) is 1.46. The normalized spacial score (nSPS) is 18.7. The minimum absolute atomic E-state index is 0.705. The quantitative estimate of drug-likeness (QED) is 0.664. The van der Waals surface area contributed by atoms with Crippen LogP contribution in [0.5, 0.6) is 0 Å². The summed E-state index contributed by atoms with van der Waals surface area (Å²) in [7, 11) is 0. The van der Waals surface area contributed by atoms with E-state index in [-0.39, 0.29) is 0 Å². The summed E-state index contributed by atoms with van der Waals surface area (Å²) in [5, 5.41) is 4.85. The zero-order valence-electron chi connectivity index (χ0n) is 7.04. The number of fused-ring (bicyclic) bond motifs is 3. The average molecular weight is 250 g/mol. The Hall–Kier alpha value is -1.45. The molecule has 0 N–H and O–H groups in total. The van der Waals surface area contributed by atoms with Crippen molar-refractivity contribution in [1.29, 1.82) is 0 Å². The van der Waals surface area contributed by atoms with Gasteiger partial charge in [0.2, 0.25) is 0 Å². The van der Waals surface area contributed by atoms with Gasteiger partial charge in [-0.25, -0.2) is 0 Å². The molecule has 1 aliphatic rings. The molecule has 68 valence electrons. The number of rotatable bonds is 0. The Morgan fingerprint density at radius 1 is 1.21 bits per heavy atom. The van der Waals surface area contributed by atoms with Gasteiger partial charge in [-0.15, -0.1) is 0 Å². The van der Waals surface area contributed by atoms with Crippen molar-refractivity contribution in [3.05, 3.63) is 30.5 Å². The Morgan fingerprint density at radius 2 is 2.14 bits per heavy atom. The predicted molar refractivity (Wildman–Crippen MR) is 52.3 cm³/mol. The number of hydrogen-bond acceptors (Lipinski definition) is 3. The third kappa shape index (κ3) is 0.967. The first-order valence-electron chi connectivity index (χ1n) is 4.07. The van der Waals surface area contributed by atoms with Crippen LogP contribution < -0.4 is 4.46 Å². The maximum atomic E-state index is 11.6. The van der Waals surface area contributed by atoms with Crippen molar-refractivity contribution in [3.63, 3.8) is 0 Å². The van der Waals surface area contributed by atoms with E-state index < -0.39 is 14.1 Å². The van der Waals surface area contributed by atoms with Gasteiger partial charge in [-0.2, -0.15) is 0 Å². The molecule has 1 unspecified atom stereocenters. The van der Waals surface area contributed by atoms with E-state index in [2.05, 4.69) is 14.2 Å². The SMILES string of the molecule is O=[Se]1N=Nc2ccc3cccnc3c21. The Balaban J connectivity index is 2.50. The van der Waals surface area contributed by atoms with Crippen LogP contribution in [0.1, 0.15) is 0 Å². The molecule has 1 aliphatic heterocycles. The maximum absolute atomic E-state index is 11.6. The van der Waals surface area contributed by atoms with Crippen LogP contribution in [-0.4, -0.2) is 19.0 Å². The fourth-order valence-corrected chi connectivity index (χ4v) is 3.30. The van der Waals surface area contributed by atoms with Crippen LogP contribution in [0.2, 0.25) is 0 Å². The molecule has 4 nitrogen and oxygen atoms in total. The number of hydrogen-bond donors (Lipinski definition) is 0. The molecule has 5 heteroatoms. The van der Waals surface area contributed by atoms with Gasteiger partial charge in [0, 0.05) is 0 Å². The molecule has 1 atom stereocenters. The summed E-state index contributed by atoms with van der Waals surface area (Å²) >= 11 is -2.32. The Kier molecular flexibility index (Phi) is 1.56. The summed E-state index contributed by atoms with van der Waals surface area (Å²) in [6, 6.07) is 7.56. The van der Waals surface area contributed by atoms with Gasteiger partial charge in [-0.3, -0.25) is 0 Å². The average Bonchev–Trinajstić information content (AvgIpc) is 2.61. The van der Waals surface area contributed by atoms with E-state index >= 15 is 0 Å². The summed E-state index contributed by atoms with van der Waals surface area (Å²) < 4.78 is 16.0. The second kappa shape index (κ2) is 2.77. The summed E-state index contributed by atoms with van der Waals surface area (Å²) in [5.41, 5.74) is 1.48. The fourth-order valence-electron chi connectivity index (χ4n) is 1.48. The molecule has 3 rings (SSSR count). The first-order chi connectivity index (χ1) is 6.86. The molecule has 14 heavy (non-hydrogen) atoms. The van der Waals surface area contributed by atoms with Crippen molar-refractivity contribution in [3.8, 4) is 0 Å². The topological polar surface area (TPSA) is 54.7 Å². The first kappa shape index (κ1) is 7.91. The summed E-state index contributed by atoms with van der Waals surface area (Å²) in [6.45, 7) is 0. The van der Waals surface area contributed by atoms with E-state index in [0.29, 0.717) is 5.69 Å². The second-order valence-corrected chi connectivity index (χ2v) is 5.16. The van der Waals surface area contributed by atoms with Crippen molar-refractivity contribution in [2.45, 2.75) is 0 Å². The number of nitrogens with zero attached hydrogens (tertiary/aromatic N) is 3. The van der Waals surface area contributed by atoms with Gasteiger partial charge in [0.15, 0.2) is 0 Å². The molecule has 0 aliphatic carbocycles. The van der Waals surface area contributed by atoms with Gasteiger partial charge in [0.1, 0.15) is 0 Å². The van der Waals surface area contributed by atoms with E-state index in [1.165, 1.54) is 0 Å². The molecule has 1 aromatic heterocycles. The van der Waals surface area contributed by atoms with Crippen molar-refractivity contribution >= 4 is 35.1 Å². The van der Waals surface area contributed by atoms with Crippen molar-refractivity contribution < 1.29 is 3.83 Å². The zero-order valence-corrected chi connectivity index (χ0v) is 8.76. The molecular formula is C9H5N3OSe. The van der Waals surface area contributed by atoms with E-state index in [9.17, 15) is 3.83 Å². The molecule has 0 saturated carbocycles. The molecule has 0 radical (unpaired) electrons. The summed E-state index contributed by atoms with van der Waals surface area (Å²) in [4.78, 5) is 4.21. The van der Waals surface area contributed by atoms with E-state index in [1.54, 1.807) is 6.20 Å². The third-order valence-corrected chi connectivity index (χ3v) is 4.16. The molecule has 0 spiro atoms. The molecule has 0 bridgehead atoms. The molecule has 2 heterocycles. The Labute approximate surface area is 84.0 Å². The van der Waals surface area contributed by atoms with Crippen LogP contribution in [0, 0.1) is 0 Å². The van der Waals surface area contributed by atoms with Gasteiger partial charge in [-0.1, -0.05) is 0 Å². The van der Waals surface area contributed by atoms with E-state index in [4.69, 9.17) is 0 Å². The Bertz CT molecular complexity index is 579. The van der Waals surface area contributed by atoms with Crippen LogP contribution in [0.4, 0.5) is 5.69 Å². The van der Waals surface area contributed by atoms with Crippen LogP contribution in [-0.2, 0) is 3.83 Å². The number of aromatic nitrogens is 1. The van der Waals surface area contributed by atoms with Crippen LogP contribution in [0.15, 0.2) is 39.7 Å². The summed E-state index contributed by atoms with van der Waals surface area (Å²) in [5.74, 6) is 0. The van der Waals surface area contributed by atoms with Crippen molar-refractivity contribution in [1.82, 2.24) is 4.98 Å². The molecule has 2 aromatic rings. The zero-order chi connectivity index (χ0) is 9.54. The fraction of sp³-hybridized carbons (Fsp3) is 0. The van der Waals surface area contributed by atoms with Crippen molar-refractivity contribution in [2.24, 2.45) is 9.24 Å². The molecule has 1 aromatic carbocycles. The van der Waals surface area contributed by atoms with Gasteiger partial charge in [0.25, 0.3) is 0 Å². The number of benzene rings is 1. The van der Waals surface area contributed by atoms with Gasteiger partial charge < -0.3 is 0 Å². The first-order valence-corrected chi connectivity index (χ1v) is 6.40. The van der Waals surface area contributed by atoms with Gasteiger partial charge in [-0.05, 0) is 0 Å². The van der Waals surface area contributed by atoms with Gasteiger partial charge >= 0.3 is 83.6 Å². The molecule has 0 fully saturated rings. The third-order valence-electron chi connectivity index (χ3n) is 2.10. The number of pyridine rings is 1. The molecule has 0 amide bonds. The van der Waals surface area contributed by atoms with E-state index in [1.807, 2.05) is 24.3 Å². The van der Waals surface area contributed by atoms with Crippen LogP contribution in [0.3, 0.4) is 0 Å². The van der Waals surface area contributed by atoms with Gasteiger partial charge in [0.05, 0.1) is 0 Å². The molecular weight excluding hydrogens is 245 g/mol. The van der Waals surface area contributed by atoms with E-state index in [0.717, 1.165) is 15.4 Å². The Morgan fingerprint density at radius 3 is 3.07 bits per heavy atom. The molecule has 0 saturated heterocycles. The van der Waals surface area contributed by atoms with Crippen LogP contribution in [0.25, 0.3) is 10.9 Å². The minimum atomic E-state index is -2.32. The van der Waals surface area contributed by atoms with Crippen LogP contribution >= 0.6 is 0 Å². The monoisotopic (exact) mass is 251 g/mol. The summed E-state index contributed by atoms with van der Waals surface area (Å²) in [6.07, 6.45) is 1.69. The standard InChI is InChI=1S/C9H5N3OSe/c13-14-9-7(11-12-14)4-3-6-2-1-5-10-8(6)9/h1-5H. The second-order valence-electron chi connectivity index (χ2n) is 2.92.